The van der Waals surface area contributed by atoms with Crippen molar-refractivity contribution in [2.75, 3.05) is 0 Å². The van der Waals surface area contributed by atoms with Crippen LogP contribution in [0, 0.1) is 33.9 Å². The largest absolute Gasteiger partial charge is 0.384 e. The number of dihydropyridines is 1. The Kier molecular flexibility index (Phi) is 5.01. The van der Waals surface area contributed by atoms with Crippen molar-refractivity contribution in [2.45, 2.75) is 37.9 Å². The zero-order valence-electron chi connectivity index (χ0n) is 13.8. The first-order valence-corrected chi connectivity index (χ1v) is 9.29. The molecule has 0 radical (unpaired) electrons. The van der Waals surface area contributed by atoms with Gasteiger partial charge < -0.3 is 11.1 Å². The van der Waals surface area contributed by atoms with Gasteiger partial charge in [0.15, 0.2) is 0 Å². The Hall–Kier alpha value is -2.44. The number of nitrogens with zero attached hydrogens (tertiary/aromatic N) is 2. The summed E-state index contributed by atoms with van der Waals surface area (Å²) in [6.45, 7) is 0. The van der Waals surface area contributed by atoms with Gasteiger partial charge >= 0.3 is 0 Å². The Morgan fingerprint density at radius 3 is 2.52 bits per heavy atom. The van der Waals surface area contributed by atoms with Gasteiger partial charge in [-0.1, -0.05) is 31.4 Å². The summed E-state index contributed by atoms with van der Waals surface area (Å²) in [5.41, 5.74) is 7.47. The van der Waals surface area contributed by atoms with E-state index in [0.29, 0.717) is 27.7 Å². The number of hydrogen-bond donors (Lipinski definition) is 2. The van der Waals surface area contributed by atoms with Crippen LogP contribution in [0.15, 0.2) is 46.3 Å². The highest BCUT2D eigenvalue weighted by Crippen LogP contribution is 2.52. The van der Waals surface area contributed by atoms with E-state index in [0.717, 1.165) is 37.7 Å². The SMILES string of the molecule is N#CC1=C(N)NC(SCc2cccc(F)c2)=C(C#N)C12CCCCC2. The summed E-state index contributed by atoms with van der Waals surface area (Å²) in [6.07, 6.45) is 4.60. The fourth-order valence-corrected chi connectivity index (χ4v) is 4.78. The minimum atomic E-state index is -0.568. The quantitative estimate of drug-likeness (QED) is 0.855. The van der Waals surface area contributed by atoms with E-state index in [1.54, 1.807) is 6.07 Å². The van der Waals surface area contributed by atoms with Gasteiger partial charge in [-0.05, 0) is 30.5 Å². The van der Waals surface area contributed by atoms with Crippen molar-refractivity contribution in [2.24, 2.45) is 11.1 Å². The van der Waals surface area contributed by atoms with E-state index in [1.807, 2.05) is 6.07 Å². The molecule has 0 bridgehead atoms. The molecule has 0 aromatic heterocycles. The highest BCUT2D eigenvalue weighted by Gasteiger charge is 2.45. The Labute approximate surface area is 151 Å². The predicted octanol–water partition coefficient (Wildman–Crippen LogP) is 4.04. The van der Waals surface area contributed by atoms with Gasteiger partial charge in [0, 0.05) is 11.2 Å². The molecular formula is C19H19FN4S. The van der Waals surface area contributed by atoms with Gasteiger partial charge in [-0.25, -0.2) is 4.39 Å². The van der Waals surface area contributed by atoms with Crippen LogP contribution in [0.1, 0.15) is 37.7 Å². The molecule has 2 aliphatic rings. The number of nitrogens with two attached hydrogens (primary N) is 1. The van der Waals surface area contributed by atoms with E-state index < -0.39 is 5.41 Å². The molecule has 1 aromatic rings. The fraction of sp³-hybridized carbons (Fsp3) is 0.368. The molecule has 1 heterocycles. The van der Waals surface area contributed by atoms with Gasteiger partial charge in [-0.2, -0.15) is 10.5 Å². The van der Waals surface area contributed by atoms with Gasteiger partial charge in [0.2, 0.25) is 0 Å². The smallest absolute Gasteiger partial charge is 0.123 e. The Morgan fingerprint density at radius 1 is 1.16 bits per heavy atom. The van der Waals surface area contributed by atoms with Crippen molar-refractivity contribution in [3.05, 3.63) is 57.6 Å². The van der Waals surface area contributed by atoms with E-state index in [-0.39, 0.29) is 5.82 Å². The summed E-state index contributed by atoms with van der Waals surface area (Å²) < 4.78 is 13.4. The van der Waals surface area contributed by atoms with Crippen molar-refractivity contribution in [3.8, 4) is 12.1 Å². The molecule has 3 rings (SSSR count). The molecule has 1 aliphatic heterocycles. The maximum absolute atomic E-state index is 13.4. The van der Waals surface area contributed by atoms with Gasteiger partial charge in [-0.3, -0.25) is 0 Å². The maximum Gasteiger partial charge on any atom is 0.123 e. The average molecular weight is 354 g/mol. The van der Waals surface area contributed by atoms with Gasteiger partial charge in [-0.15, -0.1) is 11.8 Å². The molecule has 1 aromatic carbocycles. The first-order chi connectivity index (χ1) is 12.1. The Bertz CT molecular complexity index is 823. The van der Waals surface area contributed by atoms with Gasteiger partial charge in [0.25, 0.3) is 0 Å². The van der Waals surface area contributed by atoms with Crippen LogP contribution in [0.2, 0.25) is 0 Å². The zero-order valence-corrected chi connectivity index (χ0v) is 14.6. The van der Waals surface area contributed by atoms with Crippen molar-refractivity contribution in [1.82, 2.24) is 5.32 Å². The number of allylic oxidation sites excluding steroid dienone is 2. The van der Waals surface area contributed by atoms with Crippen LogP contribution in [-0.2, 0) is 5.75 Å². The monoisotopic (exact) mass is 354 g/mol. The lowest BCUT2D eigenvalue weighted by molar-refractivity contribution is 0.294. The minimum absolute atomic E-state index is 0.279. The molecule has 128 valence electrons. The summed E-state index contributed by atoms with van der Waals surface area (Å²) in [7, 11) is 0. The lowest BCUT2D eigenvalue weighted by Crippen LogP contribution is -2.39. The second kappa shape index (κ2) is 7.21. The number of hydrogen-bond acceptors (Lipinski definition) is 5. The molecule has 1 aliphatic carbocycles. The van der Waals surface area contributed by atoms with E-state index >= 15 is 0 Å². The van der Waals surface area contributed by atoms with E-state index in [4.69, 9.17) is 5.73 Å². The van der Waals surface area contributed by atoms with Gasteiger partial charge in [0.05, 0.1) is 28.3 Å². The molecule has 0 unspecified atom stereocenters. The predicted molar refractivity (Wildman–Crippen MR) is 95.8 cm³/mol. The van der Waals surface area contributed by atoms with Crippen LogP contribution >= 0.6 is 11.8 Å². The molecule has 1 fully saturated rings. The summed E-state index contributed by atoms with van der Waals surface area (Å²) in [6, 6.07) is 11.0. The highest BCUT2D eigenvalue weighted by molar-refractivity contribution is 8.02. The number of nitriles is 2. The summed E-state index contributed by atoms with van der Waals surface area (Å²) >= 11 is 1.43. The lowest BCUT2D eigenvalue weighted by Gasteiger charge is -2.40. The third-order valence-electron chi connectivity index (χ3n) is 4.90. The number of benzene rings is 1. The topological polar surface area (TPSA) is 85.6 Å². The van der Waals surface area contributed by atoms with Crippen LogP contribution in [-0.4, -0.2) is 0 Å². The fourth-order valence-electron chi connectivity index (χ4n) is 3.72. The van der Waals surface area contributed by atoms with Crippen LogP contribution < -0.4 is 11.1 Å². The zero-order chi connectivity index (χ0) is 17.9. The normalized spacial score (nSPS) is 19.3. The molecular weight excluding hydrogens is 335 g/mol. The molecule has 3 N–H and O–H groups in total. The Morgan fingerprint density at radius 2 is 1.88 bits per heavy atom. The summed E-state index contributed by atoms with van der Waals surface area (Å²) in [4.78, 5) is 0. The number of thioether (sulfide) groups is 1. The highest BCUT2D eigenvalue weighted by atomic mass is 32.2. The standard InChI is InChI=1S/C19H19FN4S/c20-14-6-4-5-13(9-14)12-25-18-16(11-22)19(7-2-1-3-8-19)15(10-21)17(23)24-18/h4-6,9,24H,1-3,7-8,12,23H2. The second-order valence-corrected chi connectivity index (χ2v) is 7.39. The number of nitrogens with one attached hydrogen (secondary N) is 1. The molecule has 25 heavy (non-hydrogen) atoms. The van der Waals surface area contributed by atoms with Crippen LogP contribution in [0.3, 0.4) is 0 Å². The van der Waals surface area contributed by atoms with Crippen LogP contribution in [0.5, 0.6) is 0 Å². The van der Waals surface area contributed by atoms with E-state index in [1.165, 1.54) is 23.9 Å². The van der Waals surface area contributed by atoms with Crippen molar-refractivity contribution >= 4 is 11.8 Å². The van der Waals surface area contributed by atoms with Crippen molar-refractivity contribution < 1.29 is 4.39 Å². The molecule has 0 atom stereocenters. The van der Waals surface area contributed by atoms with E-state index in [9.17, 15) is 14.9 Å². The second-order valence-electron chi connectivity index (χ2n) is 6.40. The van der Waals surface area contributed by atoms with Crippen molar-refractivity contribution in [3.63, 3.8) is 0 Å². The summed E-state index contributed by atoms with van der Waals surface area (Å²) in [5, 5.41) is 23.2. The van der Waals surface area contributed by atoms with E-state index in [2.05, 4.69) is 17.5 Å². The molecule has 0 amide bonds. The maximum atomic E-state index is 13.4. The first-order valence-electron chi connectivity index (χ1n) is 8.30. The lowest BCUT2D eigenvalue weighted by atomic mass is 9.64. The Balaban J connectivity index is 1.94. The molecule has 1 saturated carbocycles. The molecule has 1 spiro atoms. The van der Waals surface area contributed by atoms with Crippen molar-refractivity contribution in [1.29, 1.82) is 10.5 Å². The molecule has 0 saturated heterocycles. The average Bonchev–Trinajstić information content (AvgIpc) is 2.61. The molecule has 6 heteroatoms. The minimum Gasteiger partial charge on any atom is -0.384 e. The third-order valence-corrected chi connectivity index (χ3v) is 5.98. The van der Waals surface area contributed by atoms with Crippen LogP contribution in [0.4, 0.5) is 4.39 Å². The third kappa shape index (κ3) is 3.23. The molecule has 4 nitrogen and oxygen atoms in total. The van der Waals surface area contributed by atoms with Crippen LogP contribution in [0.25, 0.3) is 0 Å². The number of halogens is 1. The number of rotatable bonds is 3. The van der Waals surface area contributed by atoms with Gasteiger partial charge in [0.1, 0.15) is 11.6 Å². The summed E-state index contributed by atoms with van der Waals surface area (Å²) in [5.74, 6) is 0.584. The first kappa shape index (κ1) is 17.4.